The van der Waals surface area contributed by atoms with Crippen molar-refractivity contribution in [2.75, 3.05) is 52.9 Å². The molecule has 6 rings (SSSR count). The van der Waals surface area contributed by atoms with E-state index < -0.39 is 155 Å². The number of fused-ring (bicyclic) bond motifs is 6. The number of unbranched alkanes of at least 4 members (excludes halogenated alkanes) is 2. The lowest BCUT2D eigenvalue weighted by molar-refractivity contribution is -0.242. The molecule has 6 aliphatic heterocycles. The molecule has 94 heavy (non-hydrogen) atoms. The molecule has 0 amide bonds. The summed E-state index contributed by atoms with van der Waals surface area (Å²) >= 11 is 27.4. The Kier molecular flexibility index (Phi) is 34.1. The van der Waals surface area contributed by atoms with Gasteiger partial charge in [-0.25, -0.2) is 9.59 Å². The Bertz CT molecular complexity index is 2570. The lowest BCUT2D eigenvalue weighted by Crippen LogP contribution is -2.56. The summed E-state index contributed by atoms with van der Waals surface area (Å²) in [7, 11) is 0. The summed E-state index contributed by atoms with van der Waals surface area (Å²) in [4.78, 5) is 93.4. The summed E-state index contributed by atoms with van der Waals surface area (Å²) in [6.45, 7) is 34.8. The lowest BCUT2D eigenvalue weighted by Gasteiger charge is -2.36. The number of rotatable bonds is 28. The summed E-state index contributed by atoms with van der Waals surface area (Å²) in [5.74, 6) is -7.94. The molecular weight excluding hydrogens is 1510 g/mol. The minimum atomic E-state index is -1.18. The van der Waals surface area contributed by atoms with Crippen LogP contribution in [-0.2, 0) is 124 Å². The van der Waals surface area contributed by atoms with Gasteiger partial charge in [-0.05, 0) is 109 Å². The van der Waals surface area contributed by atoms with Crippen LogP contribution in [0.5, 0.6) is 0 Å². The van der Waals surface area contributed by atoms with E-state index in [1.165, 1.54) is 0 Å². The number of esters is 8. The third-order valence-electron chi connectivity index (χ3n) is 14.0. The molecule has 0 bridgehead atoms. The maximum atomic E-state index is 12.2. The predicted molar refractivity (Wildman–Crippen MR) is 349 cm³/mol. The Morgan fingerprint density at radius 3 is 1.21 bits per heavy atom. The molecule has 0 spiro atoms. The second kappa shape index (κ2) is 37.5. The molecule has 0 aromatic carbocycles. The van der Waals surface area contributed by atoms with Gasteiger partial charge in [0, 0.05) is 11.6 Å². The van der Waals surface area contributed by atoms with Gasteiger partial charge in [0.25, 0.3) is 0 Å². The van der Waals surface area contributed by atoms with E-state index in [1.807, 2.05) is 20.8 Å². The molecule has 0 aromatic rings. The lowest BCUT2D eigenvalue weighted by atomic mass is 9.99. The average molecular weight is 1600 g/mol. The molecule has 6 heterocycles. The minimum absolute atomic E-state index is 0.0576. The van der Waals surface area contributed by atoms with Crippen molar-refractivity contribution in [1.29, 1.82) is 0 Å². The highest BCUT2D eigenvalue weighted by Crippen LogP contribution is 2.46. The maximum Gasteiger partial charge on any atom is 0.333 e. The van der Waals surface area contributed by atoms with Crippen LogP contribution in [0, 0.1) is 0 Å². The molecule has 0 aliphatic carbocycles. The molecule has 0 N–H and O–H groups in total. The summed E-state index contributed by atoms with van der Waals surface area (Å²) < 4.78 is 96.8. The summed E-state index contributed by atoms with van der Waals surface area (Å²) in [6, 6.07) is 0. The van der Waals surface area contributed by atoms with Gasteiger partial charge in [-0.15, -0.1) is 34.8 Å². The van der Waals surface area contributed by atoms with Crippen LogP contribution < -0.4 is 0 Å². The molecule has 16 unspecified atom stereocenters. The number of halogens is 6. The Morgan fingerprint density at radius 1 is 0.489 bits per heavy atom. The smallest absolute Gasteiger partial charge is 0.333 e. The van der Waals surface area contributed by atoms with E-state index in [4.69, 9.17) is 120 Å². The van der Waals surface area contributed by atoms with Crippen LogP contribution in [0.4, 0.5) is 0 Å². The largest absolute Gasteiger partial charge is 0.465 e. The van der Waals surface area contributed by atoms with E-state index >= 15 is 0 Å². The first kappa shape index (κ1) is 85.4. The molecule has 0 radical (unpaired) electrons. The van der Waals surface area contributed by atoms with Crippen LogP contribution in [0.1, 0.15) is 149 Å². The van der Waals surface area contributed by atoms with Gasteiger partial charge in [0.1, 0.15) is 98.2 Å². The van der Waals surface area contributed by atoms with Crippen molar-refractivity contribution >= 4 is 130 Å². The highest BCUT2D eigenvalue weighted by molar-refractivity contribution is 9.10. The average Bonchev–Trinajstić information content (AvgIpc) is 1.60. The quantitative estimate of drug-likeness (QED) is 0.0231. The third kappa shape index (κ3) is 27.0. The zero-order valence-electron chi connectivity index (χ0n) is 56.3. The molecule has 6 saturated heterocycles. The van der Waals surface area contributed by atoms with Gasteiger partial charge >= 0.3 is 47.8 Å². The van der Waals surface area contributed by atoms with E-state index in [0.29, 0.717) is 31.6 Å². The van der Waals surface area contributed by atoms with Crippen molar-refractivity contribution in [1.82, 2.24) is 0 Å². The molecule has 26 nitrogen and oxygen atoms in total. The first-order chi connectivity index (χ1) is 43.4. The van der Waals surface area contributed by atoms with E-state index in [2.05, 4.69) is 60.9 Å². The Labute approximate surface area is 590 Å². The summed E-state index contributed by atoms with van der Waals surface area (Å²) in [5.41, 5.74) is 0.299. The fourth-order valence-corrected chi connectivity index (χ4v) is 9.67. The number of alkyl halides is 6. The van der Waals surface area contributed by atoms with Gasteiger partial charge in [0.2, 0.25) is 0 Å². The van der Waals surface area contributed by atoms with Gasteiger partial charge in [0.05, 0.1) is 13.2 Å². The van der Waals surface area contributed by atoms with Crippen molar-refractivity contribution < 1.29 is 124 Å². The number of ether oxygens (including phenoxy) is 18. The molecule has 32 heteroatoms. The maximum absolute atomic E-state index is 12.2. The highest BCUT2D eigenvalue weighted by Gasteiger charge is 2.62. The molecule has 16 atom stereocenters. The Morgan fingerprint density at radius 2 is 0.840 bits per heavy atom. The van der Waals surface area contributed by atoms with Crippen LogP contribution in [0.25, 0.3) is 0 Å². The van der Waals surface area contributed by atoms with Crippen LogP contribution in [0.2, 0.25) is 0 Å². The van der Waals surface area contributed by atoms with Gasteiger partial charge < -0.3 is 85.3 Å². The second-order valence-electron chi connectivity index (χ2n) is 24.8. The van der Waals surface area contributed by atoms with Crippen molar-refractivity contribution in [3.05, 3.63) is 24.8 Å². The molecule has 540 valence electrons. The second-order valence-corrected chi connectivity index (χ2v) is 31.6. The zero-order chi connectivity index (χ0) is 71.5. The van der Waals surface area contributed by atoms with E-state index in [1.54, 1.807) is 90.0 Å². The topological polar surface area (TPSA) is 303 Å². The number of carbonyl (C=O) groups excluding carboxylic acids is 8. The van der Waals surface area contributed by atoms with Crippen LogP contribution in [-0.4, -0.2) is 214 Å². The Hall–Kier alpha value is -2.85. The van der Waals surface area contributed by atoms with Crippen LogP contribution in [0.15, 0.2) is 24.8 Å². The standard InChI is InChI=1S/C19H28Cl2O9.C18H25ClO9.C13H22Br2O4.C12H19BrO4/c1-6-9(20)15(22)24-7-10(21)16(23)25-8-11-12-13(28-18(2,3)27-12)14-17(26-11)30-19(4,5)29-14;1-6-11(20)22-7-9(19)15(21)23-8-10-12-13(26-17(2,3)25-12)14-16(24-10)28-18(4,5)27-14;1-5-7-8-18-11(17)13(4,15)9-19-10(16)12(3,14)6-2;1-5-6-7-16-11(15)12(4,13)8-17-10(14)9(2)3/h9-14,17H,6-8H2,1-5H3;6,9-10,12-14,16H,1,7-8H2,2-5H3;5-9H2,1-4H3;2,5-8H2,1,3-4H3. The first-order valence-electron chi connectivity index (χ1n) is 30.8. The third-order valence-corrected chi connectivity index (χ3v) is 17.1. The summed E-state index contributed by atoms with van der Waals surface area (Å²) in [5, 5.41) is -3.12. The van der Waals surface area contributed by atoms with Gasteiger partial charge in [0.15, 0.2) is 55.1 Å². The number of hydrogen-bond donors (Lipinski definition) is 0. The zero-order valence-corrected chi connectivity index (χ0v) is 63.3. The monoisotopic (exact) mass is 1600 g/mol. The fraction of sp³-hybridized carbons (Fsp3) is 0.806. The van der Waals surface area contributed by atoms with Crippen molar-refractivity contribution in [2.24, 2.45) is 0 Å². The molecule has 0 aromatic heterocycles. The van der Waals surface area contributed by atoms with Crippen molar-refractivity contribution in [3.63, 3.8) is 0 Å². The first-order valence-corrected chi connectivity index (χ1v) is 34.5. The molecule has 6 aliphatic rings. The normalized spacial score (nSPS) is 28.1. The molecule has 0 saturated carbocycles. The predicted octanol–water partition coefficient (Wildman–Crippen LogP) is 9.55. The van der Waals surface area contributed by atoms with Crippen LogP contribution in [0.3, 0.4) is 0 Å². The fourth-order valence-electron chi connectivity index (χ4n) is 8.78. The minimum Gasteiger partial charge on any atom is -0.465 e. The SMILES string of the molecule is C=C(C)C(=O)OCC(C)(Br)C(=O)OCCCC.C=CC(=O)OCC(Cl)C(=O)OCC1OC2OC(C)(C)OC2C2OC(C)(C)OC12.CCC(Cl)C(=O)OCC(Cl)C(=O)OCC1OC2OC(C)(C)OC2C2OC(C)(C)OC12.CCCCOC(=O)C(C)(Br)COC(=O)C(C)(Br)CC. The van der Waals surface area contributed by atoms with Crippen LogP contribution >= 0.6 is 82.6 Å². The van der Waals surface area contributed by atoms with Gasteiger partial charge in [-0.1, -0.05) is 101 Å². The van der Waals surface area contributed by atoms with E-state index in [-0.39, 0.29) is 45.6 Å². The van der Waals surface area contributed by atoms with Crippen molar-refractivity contribution in [2.45, 2.75) is 263 Å². The number of hydrogen-bond acceptors (Lipinski definition) is 26. The molecule has 6 fully saturated rings. The highest BCUT2D eigenvalue weighted by atomic mass is 79.9. The van der Waals surface area contributed by atoms with Crippen molar-refractivity contribution in [3.8, 4) is 0 Å². The van der Waals surface area contributed by atoms with E-state index in [9.17, 15) is 38.4 Å². The van der Waals surface area contributed by atoms with Gasteiger partial charge in [-0.2, -0.15) is 0 Å². The Balaban J connectivity index is 0.000000337. The van der Waals surface area contributed by atoms with E-state index in [0.717, 1.165) is 31.8 Å². The summed E-state index contributed by atoms with van der Waals surface area (Å²) in [6.07, 6.45) is -0.00957. The van der Waals surface area contributed by atoms with Gasteiger partial charge in [-0.3, -0.25) is 28.8 Å². The number of carbonyl (C=O) groups is 8. The molecular formula is C62H94Br3Cl3O26.